The largest absolute Gasteiger partial charge is 0.497 e. The Balaban J connectivity index is 1.67. The number of nitrogens with zero attached hydrogens (tertiary/aromatic N) is 1. The smallest absolute Gasteiger partial charge is 0.341 e. The zero-order valence-electron chi connectivity index (χ0n) is 19.3. The van der Waals surface area contributed by atoms with Crippen LogP contribution in [0.2, 0.25) is 0 Å². The van der Waals surface area contributed by atoms with Gasteiger partial charge in [-0.1, -0.05) is 26.0 Å². The van der Waals surface area contributed by atoms with Crippen molar-refractivity contribution in [2.24, 2.45) is 5.92 Å². The number of fused-ring (bicyclic) bond motifs is 1. The van der Waals surface area contributed by atoms with Crippen LogP contribution in [0.3, 0.4) is 0 Å². The van der Waals surface area contributed by atoms with Gasteiger partial charge in [-0.05, 0) is 42.2 Å². The minimum atomic E-state index is -0.535. The van der Waals surface area contributed by atoms with Crippen LogP contribution < -0.4 is 15.8 Å². The summed E-state index contributed by atoms with van der Waals surface area (Å²) in [5, 5.41) is 5.82. The number of esters is 1. The SMILES string of the molecule is COC(=O)c1c(-c2ccc(OC)cc2)csc1NC(=O)c1sc2nc(CC(C)C)ccc2c1N. The third-order valence-corrected chi connectivity index (χ3v) is 7.29. The van der Waals surface area contributed by atoms with Crippen LogP contribution in [0.5, 0.6) is 5.75 Å². The molecule has 9 heteroatoms. The van der Waals surface area contributed by atoms with Crippen molar-refractivity contribution in [2.45, 2.75) is 20.3 Å². The van der Waals surface area contributed by atoms with Gasteiger partial charge in [0.05, 0.1) is 19.9 Å². The van der Waals surface area contributed by atoms with Gasteiger partial charge in [0.2, 0.25) is 0 Å². The highest BCUT2D eigenvalue weighted by Crippen LogP contribution is 2.38. The molecule has 176 valence electrons. The number of nitrogens with one attached hydrogen (secondary N) is 1. The number of pyridine rings is 1. The van der Waals surface area contributed by atoms with Crippen LogP contribution in [0.25, 0.3) is 21.3 Å². The number of thiophene rings is 2. The first-order valence-electron chi connectivity index (χ1n) is 10.7. The number of methoxy groups -OCH3 is 2. The molecule has 0 saturated heterocycles. The number of ether oxygens (including phenoxy) is 2. The number of carbonyl (C=O) groups excluding carboxylic acids is 2. The van der Waals surface area contributed by atoms with Crippen molar-refractivity contribution in [3.8, 4) is 16.9 Å². The normalized spacial score (nSPS) is 11.1. The van der Waals surface area contributed by atoms with Crippen LogP contribution in [-0.2, 0) is 11.2 Å². The second kappa shape index (κ2) is 9.82. The number of carbonyl (C=O) groups is 2. The number of hydrogen-bond acceptors (Lipinski definition) is 8. The van der Waals surface area contributed by atoms with Gasteiger partial charge in [0.15, 0.2) is 0 Å². The number of benzene rings is 1. The number of anilines is 2. The average Bonchev–Trinajstić information content (AvgIpc) is 3.39. The van der Waals surface area contributed by atoms with Crippen LogP contribution in [0.1, 0.15) is 39.6 Å². The zero-order valence-corrected chi connectivity index (χ0v) is 20.9. The summed E-state index contributed by atoms with van der Waals surface area (Å²) in [6, 6.07) is 11.2. The van der Waals surface area contributed by atoms with Crippen molar-refractivity contribution in [3.63, 3.8) is 0 Å². The second-order valence-electron chi connectivity index (χ2n) is 8.13. The summed E-state index contributed by atoms with van der Waals surface area (Å²) < 4.78 is 10.2. The van der Waals surface area contributed by atoms with Gasteiger partial charge in [0.1, 0.15) is 26.0 Å². The van der Waals surface area contributed by atoms with E-state index in [9.17, 15) is 9.59 Å². The van der Waals surface area contributed by atoms with Crippen LogP contribution in [0.15, 0.2) is 41.8 Å². The molecule has 0 bridgehead atoms. The van der Waals surface area contributed by atoms with E-state index in [1.165, 1.54) is 29.8 Å². The van der Waals surface area contributed by atoms with Crippen molar-refractivity contribution >= 4 is 55.5 Å². The van der Waals surface area contributed by atoms with Crippen molar-refractivity contribution in [3.05, 3.63) is 57.9 Å². The molecule has 1 amide bonds. The summed E-state index contributed by atoms with van der Waals surface area (Å²) in [6.45, 7) is 4.27. The molecule has 0 saturated carbocycles. The van der Waals surface area contributed by atoms with E-state index in [4.69, 9.17) is 15.2 Å². The van der Waals surface area contributed by atoms with E-state index in [-0.39, 0.29) is 5.91 Å². The molecule has 0 aliphatic carbocycles. The first-order valence-corrected chi connectivity index (χ1v) is 12.4. The summed E-state index contributed by atoms with van der Waals surface area (Å²) in [6.07, 6.45) is 0.848. The summed E-state index contributed by atoms with van der Waals surface area (Å²) in [7, 11) is 2.90. The number of rotatable bonds is 7. The number of aromatic nitrogens is 1. The highest BCUT2D eigenvalue weighted by Gasteiger charge is 2.25. The molecule has 0 aliphatic rings. The Morgan fingerprint density at radius 1 is 1.12 bits per heavy atom. The highest BCUT2D eigenvalue weighted by atomic mass is 32.1. The topological polar surface area (TPSA) is 104 Å². The van der Waals surface area contributed by atoms with Gasteiger partial charge < -0.3 is 20.5 Å². The maximum Gasteiger partial charge on any atom is 0.341 e. The van der Waals surface area contributed by atoms with Crippen LogP contribution >= 0.6 is 22.7 Å². The maximum atomic E-state index is 13.2. The standard InChI is InChI=1S/C25H25N3O4S2/c1-13(2)11-15-7-10-17-20(26)21(34-23(17)27-15)22(29)28-24-19(25(30)32-4)18(12-33-24)14-5-8-16(31-3)9-6-14/h5-10,12-13H,11,26H2,1-4H3,(H,28,29). The molecule has 0 radical (unpaired) electrons. The first-order chi connectivity index (χ1) is 16.3. The number of nitrogen functional groups attached to an aromatic ring is 1. The zero-order chi connectivity index (χ0) is 24.4. The molecule has 7 nitrogen and oxygen atoms in total. The molecular formula is C25H25N3O4S2. The molecule has 0 fully saturated rings. The third kappa shape index (κ3) is 4.62. The summed E-state index contributed by atoms with van der Waals surface area (Å²) in [5.41, 5.74) is 9.42. The average molecular weight is 496 g/mol. The lowest BCUT2D eigenvalue weighted by Crippen LogP contribution is -2.14. The lowest BCUT2D eigenvalue weighted by Gasteiger charge is -2.08. The number of amides is 1. The molecule has 4 aromatic rings. The van der Waals surface area contributed by atoms with Crippen LogP contribution in [0.4, 0.5) is 10.7 Å². The third-order valence-electron chi connectivity index (χ3n) is 5.28. The Morgan fingerprint density at radius 2 is 1.85 bits per heavy atom. The molecule has 3 heterocycles. The van der Waals surface area contributed by atoms with Gasteiger partial charge >= 0.3 is 5.97 Å². The summed E-state index contributed by atoms with van der Waals surface area (Å²) >= 11 is 2.50. The van der Waals surface area contributed by atoms with Gasteiger partial charge in [-0.2, -0.15) is 0 Å². The summed E-state index contributed by atoms with van der Waals surface area (Å²) in [5.74, 6) is 0.254. The van der Waals surface area contributed by atoms with E-state index < -0.39 is 5.97 Å². The van der Waals surface area contributed by atoms with Crippen molar-refractivity contribution in [2.75, 3.05) is 25.3 Å². The number of nitrogens with two attached hydrogens (primary N) is 1. The molecule has 0 spiro atoms. The minimum absolute atomic E-state index is 0.294. The van der Waals surface area contributed by atoms with E-state index in [0.717, 1.165) is 27.9 Å². The monoisotopic (exact) mass is 495 g/mol. The fourth-order valence-corrected chi connectivity index (χ4v) is 5.59. The predicted molar refractivity (Wildman–Crippen MR) is 138 cm³/mol. The van der Waals surface area contributed by atoms with Crippen LogP contribution in [0, 0.1) is 5.92 Å². The van der Waals surface area contributed by atoms with Gasteiger partial charge in [-0.15, -0.1) is 22.7 Å². The van der Waals surface area contributed by atoms with Gasteiger partial charge in [-0.3, -0.25) is 4.79 Å². The Bertz CT molecular complexity index is 1360. The maximum absolute atomic E-state index is 13.2. The second-order valence-corrected chi connectivity index (χ2v) is 10.0. The van der Waals surface area contributed by atoms with E-state index in [1.807, 2.05) is 41.8 Å². The Hall–Kier alpha value is -3.43. The van der Waals surface area contributed by atoms with Gasteiger partial charge in [0, 0.05) is 22.0 Å². The van der Waals surface area contributed by atoms with Gasteiger partial charge in [0.25, 0.3) is 5.91 Å². The molecular weight excluding hydrogens is 470 g/mol. The Labute approximate surface area is 205 Å². The molecule has 4 rings (SSSR count). The quantitative estimate of drug-likeness (QED) is 0.312. The fourth-order valence-electron chi connectivity index (χ4n) is 3.63. The van der Waals surface area contributed by atoms with Crippen molar-refractivity contribution in [1.29, 1.82) is 0 Å². The lowest BCUT2D eigenvalue weighted by molar-refractivity contribution is 0.0603. The molecule has 1 aromatic carbocycles. The molecule has 0 atom stereocenters. The fraction of sp³-hybridized carbons (Fsp3) is 0.240. The molecule has 34 heavy (non-hydrogen) atoms. The van der Waals surface area contributed by atoms with Gasteiger partial charge in [-0.25, -0.2) is 9.78 Å². The molecule has 0 unspecified atom stereocenters. The Kier molecular flexibility index (Phi) is 6.85. The van der Waals surface area contributed by atoms with E-state index >= 15 is 0 Å². The summed E-state index contributed by atoms with van der Waals surface area (Å²) in [4.78, 5) is 31.6. The predicted octanol–water partition coefficient (Wildman–Crippen LogP) is 5.85. The van der Waals surface area contributed by atoms with E-state index in [2.05, 4.69) is 24.1 Å². The van der Waals surface area contributed by atoms with Crippen molar-refractivity contribution < 1.29 is 19.1 Å². The van der Waals surface area contributed by atoms with E-state index in [1.54, 1.807) is 7.11 Å². The minimum Gasteiger partial charge on any atom is -0.497 e. The highest BCUT2D eigenvalue weighted by molar-refractivity contribution is 7.21. The first kappa shape index (κ1) is 23.7. The van der Waals surface area contributed by atoms with Crippen molar-refractivity contribution in [1.82, 2.24) is 4.98 Å². The van der Waals surface area contributed by atoms with E-state index in [0.29, 0.717) is 38.4 Å². The Morgan fingerprint density at radius 3 is 2.50 bits per heavy atom. The molecule has 3 N–H and O–H groups in total. The molecule has 3 aromatic heterocycles. The molecule has 0 aliphatic heterocycles. The number of hydrogen-bond donors (Lipinski definition) is 2. The lowest BCUT2D eigenvalue weighted by atomic mass is 10.0. The van der Waals surface area contributed by atoms with Crippen LogP contribution in [-0.4, -0.2) is 31.1 Å².